The van der Waals surface area contributed by atoms with Crippen LogP contribution in [0.5, 0.6) is 5.75 Å². The maximum absolute atomic E-state index is 13.4. The monoisotopic (exact) mass is 278 g/mol. The molecule has 0 N–H and O–H groups in total. The molecule has 0 radical (unpaired) electrons. The van der Waals surface area contributed by atoms with E-state index in [0.717, 1.165) is 0 Å². The number of halogens is 4. The van der Waals surface area contributed by atoms with Crippen molar-refractivity contribution in [2.24, 2.45) is 0 Å². The van der Waals surface area contributed by atoms with Crippen molar-refractivity contribution in [1.82, 2.24) is 0 Å². The first-order chi connectivity index (χ1) is 8.84. The average Bonchev–Trinajstić information content (AvgIpc) is 2.81. The standard InChI is InChI=1S/C13H14F4O2/c1-7-10(14)4-3-9(12(7)18-2)8-5-11(19-6-8)13(15,16)17/h3-4,8,11H,5-6H2,1-2H3. The van der Waals surface area contributed by atoms with Gasteiger partial charge in [0.05, 0.1) is 13.7 Å². The fourth-order valence-electron chi connectivity index (χ4n) is 2.35. The number of ether oxygens (including phenoxy) is 2. The highest BCUT2D eigenvalue weighted by atomic mass is 19.4. The summed E-state index contributed by atoms with van der Waals surface area (Å²) in [5, 5.41) is 0. The normalized spacial score (nSPS) is 23.7. The van der Waals surface area contributed by atoms with Gasteiger partial charge in [0.2, 0.25) is 0 Å². The molecule has 1 aromatic rings. The van der Waals surface area contributed by atoms with Crippen molar-refractivity contribution in [2.75, 3.05) is 13.7 Å². The van der Waals surface area contributed by atoms with Crippen molar-refractivity contribution in [1.29, 1.82) is 0 Å². The summed E-state index contributed by atoms with van der Waals surface area (Å²) in [6.45, 7) is 1.50. The Balaban J connectivity index is 2.27. The molecule has 1 aromatic carbocycles. The van der Waals surface area contributed by atoms with Crippen LogP contribution in [0.3, 0.4) is 0 Å². The van der Waals surface area contributed by atoms with E-state index in [2.05, 4.69) is 0 Å². The van der Waals surface area contributed by atoms with Gasteiger partial charge in [-0.1, -0.05) is 6.07 Å². The van der Waals surface area contributed by atoms with Crippen LogP contribution >= 0.6 is 0 Å². The Morgan fingerprint density at radius 1 is 1.32 bits per heavy atom. The molecule has 1 heterocycles. The van der Waals surface area contributed by atoms with Gasteiger partial charge in [0.25, 0.3) is 0 Å². The molecule has 106 valence electrons. The highest BCUT2D eigenvalue weighted by Gasteiger charge is 2.46. The fraction of sp³-hybridized carbons (Fsp3) is 0.538. The largest absolute Gasteiger partial charge is 0.496 e. The van der Waals surface area contributed by atoms with Crippen molar-refractivity contribution < 1.29 is 27.0 Å². The molecule has 2 unspecified atom stereocenters. The second kappa shape index (κ2) is 5.00. The zero-order valence-corrected chi connectivity index (χ0v) is 10.6. The first-order valence-corrected chi connectivity index (χ1v) is 5.86. The quantitative estimate of drug-likeness (QED) is 0.770. The maximum Gasteiger partial charge on any atom is 0.414 e. The molecule has 2 nitrogen and oxygen atoms in total. The molecule has 0 saturated carbocycles. The van der Waals surface area contributed by atoms with Crippen molar-refractivity contribution in [3.63, 3.8) is 0 Å². The summed E-state index contributed by atoms with van der Waals surface area (Å²) >= 11 is 0. The molecule has 0 amide bonds. The third-order valence-corrected chi connectivity index (χ3v) is 3.38. The van der Waals surface area contributed by atoms with E-state index in [-0.39, 0.29) is 13.0 Å². The van der Waals surface area contributed by atoms with E-state index in [1.807, 2.05) is 0 Å². The van der Waals surface area contributed by atoms with Crippen LogP contribution in [-0.4, -0.2) is 26.0 Å². The van der Waals surface area contributed by atoms with Crippen LogP contribution < -0.4 is 4.74 Å². The lowest BCUT2D eigenvalue weighted by molar-refractivity contribution is -0.206. The Morgan fingerprint density at radius 3 is 2.53 bits per heavy atom. The lowest BCUT2D eigenvalue weighted by Gasteiger charge is -2.16. The first-order valence-electron chi connectivity index (χ1n) is 5.86. The summed E-state index contributed by atoms with van der Waals surface area (Å²) in [6.07, 6.45) is -6.28. The number of methoxy groups -OCH3 is 1. The summed E-state index contributed by atoms with van der Waals surface area (Å²) in [4.78, 5) is 0. The topological polar surface area (TPSA) is 18.5 Å². The fourth-order valence-corrected chi connectivity index (χ4v) is 2.35. The van der Waals surface area contributed by atoms with E-state index in [1.54, 1.807) is 0 Å². The van der Waals surface area contributed by atoms with E-state index >= 15 is 0 Å². The molecule has 1 saturated heterocycles. The Bertz CT molecular complexity index is 470. The van der Waals surface area contributed by atoms with Crippen molar-refractivity contribution in [3.05, 3.63) is 29.1 Å². The van der Waals surface area contributed by atoms with Crippen LogP contribution in [0.25, 0.3) is 0 Å². The third kappa shape index (κ3) is 2.68. The molecule has 6 heteroatoms. The van der Waals surface area contributed by atoms with Crippen LogP contribution in [0.1, 0.15) is 23.5 Å². The van der Waals surface area contributed by atoms with Crippen LogP contribution in [0, 0.1) is 12.7 Å². The van der Waals surface area contributed by atoms with E-state index in [1.165, 1.54) is 26.2 Å². The summed E-state index contributed by atoms with van der Waals surface area (Å²) in [5.41, 5.74) is 0.864. The van der Waals surface area contributed by atoms with Crippen molar-refractivity contribution in [2.45, 2.75) is 31.5 Å². The maximum atomic E-state index is 13.4. The number of benzene rings is 1. The summed E-state index contributed by atoms with van der Waals surface area (Å²) in [5.74, 6) is -0.566. The highest BCUT2D eigenvalue weighted by molar-refractivity contribution is 5.44. The van der Waals surface area contributed by atoms with E-state index in [0.29, 0.717) is 16.9 Å². The lowest BCUT2D eigenvalue weighted by Crippen LogP contribution is -2.27. The summed E-state index contributed by atoms with van der Waals surface area (Å²) < 4.78 is 61.0. The van der Waals surface area contributed by atoms with Crippen LogP contribution in [0.4, 0.5) is 17.6 Å². The average molecular weight is 278 g/mol. The predicted molar refractivity (Wildman–Crippen MR) is 60.8 cm³/mol. The molecule has 2 atom stereocenters. The molecular weight excluding hydrogens is 264 g/mol. The summed E-state index contributed by atoms with van der Waals surface area (Å²) in [6, 6.07) is 2.71. The van der Waals surface area contributed by atoms with Gasteiger partial charge in [-0.05, 0) is 19.4 Å². The number of hydrogen-bond donors (Lipinski definition) is 0. The minimum Gasteiger partial charge on any atom is -0.496 e. The molecule has 19 heavy (non-hydrogen) atoms. The van der Waals surface area contributed by atoms with Gasteiger partial charge in [-0.25, -0.2) is 4.39 Å². The Morgan fingerprint density at radius 2 is 2.00 bits per heavy atom. The minimum atomic E-state index is -4.36. The Hall–Kier alpha value is -1.30. The number of hydrogen-bond acceptors (Lipinski definition) is 2. The molecule has 0 aliphatic carbocycles. The van der Waals surface area contributed by atoms with Gasteiger partial charge < -0.3 is 9.47 Å². The van der Waals surface area contributed by atoms with Crippen molar-refractivity contribution in [3.8, 4) is 5.75 Å². The first kappa shape index (κ1) is 14.1. The molecular formula is C13H14F4O2. The Kier molecular flexibility index (Phi) is 3.71. The van der Waals surface area contributed by atoms with Gasteiger partial charge in [0.1, 0.15) is 11.6 Å². The lowest BCUT2D eigenvalue weighted by atomic mass is 9.93. The number of rotatable bonds is 2. The van der Waals surface area contributed by atoms with Gasteiger partial charge in [0.15, 0.2) is 6.10 Å². The molecule has 1 aliphatic rings. The Labute approximate surface area is 108 Å². The van der Waals surface area contributed by atoms with Crippen LogP contribution in [-0.2, 0) is 4.74 Å². The van der Waals surface area contributed by atoms with Crippen LogP contribution in [0.15, 0.2) is 12.1 Å². The van der Waals surface area contributed by atoms with E-state index in [9.17, 15) is 17.6 Å². The van der Waals surface area contributed by atoms with Gasteiger partial charge in [0, 0.05) is 17.0 Å². The van der Waals surface area contributed by atoms with Gasteiger partial charge in [-0.2, -0.15) is 13.2 Å². The zero-order chi connectivity index (χ0) is 14.2. The van der Waals surface area contributed by atoms with Gasteiger partial charge in [-0.3, -0.25) is 0 Å². The van der Waals surface area contributed by atoms with Crippen LogP contribution in [0.2, 0.25) is 0 Å². The van der Waals surface area contributed by atoms with E-state index in [4.69, 9.17) is 9.47 Å². The van der Waals surface area contributed by atoms with Gasteiger partial charge in [-0.15, -0.1) is 0 Å². The predicted octanol–water partition coefficient (Wildman–Crippen LogP) is 3.58. The second-order valence-corrected chi connectivity index (χ2v) is 4.59. The SMILES string of the molecule is COc1c(C2COC(C(F)(F)F)C2)ccc(F)c1C. The van der Waals surface area contributed by atoms with Crippen molar-refractivity contribution >= 4 is 0 Å². The van der Waals surface area contributed by atoms with Gasteiger partial charge >= 0.3 is 6.18 Å². The zero-order valence-electron chi connectivity index (χ0n) is 10.6. The molecule has 0 spiro atoms. The molecule has 1 aliphatic heterocycles. The molecule has 2 rings (SSSR count). The minimum absolute atomic E-state index is 0.0361. The van der Waals surface area contributed by atoms with E-state index < -0.39 is 24.0 Å². The second-order valence-electron chi connectivity index (χ2n) is 4.59. The molecule has 1 fully saturated rings. The molecule has 0 bridgehead atoms. The summed E-state index contributed by atoms with van der Waals surface area (Å²) in [7, 11) is 1.38. The molecule has 0 aromatic heterocycles. The smallest absolute Gasteiger partial charge is 0.414 e. The third-order valence-electron chi connectivity index (χ3n) is 3.38. The highest BCUT2D eigenvalue weighted by Crippen LogP contribution is 2.41. The number of alkyl halides is 3.